The summed E-state index contributed by atoms with van der Waals surface area (Å²) in [5.74, 6) is 0.391. The first-order valence-corrected chi connectivity index (χ1v) is 9.60. The Morgan fingerprint density at radius 1 is 1.14 bits per heavy atom. The Balaban J connectivity index is 1.57. The van der Waals surface area contributed by atoms with Crippen LogP contribution in [0.2, 0.25) is 0 Å². The molecule has 3 rings (SSSR count). The average molecular weight is 385 g/mol. The number of benzene rings is 2. The third kappa shape index (κ3) is 4.81. The molecule has 0 bridgehead atoms. The molecule has 2 unspecified atom stereocenters. The third-order valence-corrected chi connectivity index (χ3v) is 5.30. The van der Waals surface area contributed by atoms with E-state index < -0.39 is 0 Å². The topological polar surface area (TPSA) is 58.8 Å². The predicted octanol–water partition coefficient (Wildman–Crippen LogP) is 3.22. The summed E-state index contributed by atoms with van der Waals surface area (Å²) in [4.78, 5) is 16.9. The van der Waals surface area contributed by atoms with Crippen LogP contribution in [0.1, 0.15) is 25.0 Å². The molecule has 0 aliphatic carbocycles. The van der Waals surface area contributed by atoms with E-state index in [0.29, 0.717) is 18.0 Å². The molecule has 6 heteroatoms. The van der Waals surface area contributed by atoms with Gasteiger partial charge in [0.2, 0.25) is 0 Å². The Bertz CT molecular complexity index is 825. The van der Waals surface area contributed by atoms with Crippen LogP contribution in [0.3, 0.4) is 0 Å². The van der Waals surface area contributed by atoms with Gasteiger partial charge in [-0.3, -0.25) is 9.69 Å². The molecule has 1 saturated heterocycles. The average Bonchev–Trinajstić information content (AvgIpc) is 2.66. The molecule has 2 aromatic carbocycles. The molecule has 2 aromatic rings. The summed E-state index contributed by atoms with van der Waals surface area (Å²) in [5.41, 5.74) is 8.44. The van der Waals surface area contributed by atoms with E-state index in [9.17, 15) is 9.18 Å². The summed E-state index contributed by atoms with van der Waals surface area (Å²) in [5, 5.41) is 0. The zero-order chi connectivity index (χ0) is 20.3. The van der Waals surface area contributed by atoms with E-state index in [1.54, 1.807) is 6.07 Å². The van der Waals surface area contributed by atoms with Gasteiger partial charge in [0, 0.05) is 43.5 Å². The second-order valence-corrected chi connectivity index (χ2v) is 7.61. The van der Waals surface area contributed by atoms with Crippen LogP contribution in [-0.2, 0) is 11.3 Å². The molecule has 1 fully saturated rings. The highest BCUT2D eigenvalue weighted by molar-refractivity contribution is 5.78. The molecule has 28 heavy (non-hydrogen) atoms. The van der Waals surface area contributed by atoms with Crippen LogP contribution in [0.4, 0.5) is 10.1 Å². The van der Waals surface area contributed by atoms with Gasteiger partial charge in [0.25, 0.3) is 5.91 Å². The maximum Gasteiger partial charge on any atom is 0.260 e. The van der Waals surface area contributed by atoms with Crippen molar-refractivity contribution in [2.45, 2.75) is 39.4 Å². The number of rotatable bonds is 5. The smallest absolute Gasteiger partial charge is 0.260 e. The normalized spacial score (nSPS) is 20.2. The van der Waals surface area contributed by atoms with Crippen LogP contribution < -0.4 is 10.5 Å². The minimum atomic E-state index is -0.226. The number of hydrogen-bond acceptors (Lipinski definition) is 4. The first-order chi connectivity index (χ1) is 13.3. The Morgan fingerprint density at radius 2 is 1.86 bits per heavy atom. The highest BCUT2D eigenvalue weighted by Crippen LogP contribution is 2.22. The number of carbonyl (C=O) groups excluding carboxylic acids is 1. The lowest BCUT2D eigenvalue weighted by molar-refractivity contribution is -0.139. The van der Waals surface area contributed by atoms with E-state index in [4.69, 9.17) is 10.5 Å². The van der Waals surface area contributed by atoms with Crippen molar-refractivity contribution in [2.24, 2.45) is 0 Å². The number of hydrogen-bond donors (Lipinski definition) is 1. The van der Waals surface area contributed by atoms with Crippen LogP contribution in [0.25, 0.3) is 0 Å². The molecule has 0 aromatic heterocycles. The van der Waals surface area contributed by atoms with E-state index in [1.807, 2.05) is 43.0 Å². The van der Waals surface area contributed by atoms with Crippen molar-refractivity contribution < 1.29 is 13.9 Å². The Labute approximate surface area is 165 Å². The molecule has 1 amide bonds. The highest BCUT2D eigenvalue weighted by atomic mass is 19.1. The summed E-state index contributed by atoms with van der Waals surface area (Å²) < 4.78 is 18.8. The SMILES string of the molecule is Cc1ccc(N)cc1OCC(=O)N1CC(C)N(Cc2ccc(F)cc2)CC1C. The lowest BCUT2D eigenvalue weighted by Crippen LogP contribution is -2.58. The van der Waals surface area contributed by atoms with Crippen molar-refractivity contribution in [1.29, 1.82) is 0 Å². The Kier molecular flexibility index (Phi) is 6.19. The van der Waals surface area contributed by atoms with Crippen molar-refractivity contribution in [3.05, 3.63) is 59.4 Å². The van der Waals surface area contributed by atoms with E-state index in [2.05, 4.69) is 11.8 Å². The first kappa shape index (κ1) is 20.1. The number of carbonyl (C=O) groups is 1. The number of nitrogen functional groups attached to an aromatic ring is 1. The summed E-state index contributed by atoms with van der Waals surface area (Å²) in [6, 6.07) is 12.3. The van der Waals surface area contributed by atoms with Crippen LogP contribution in [0, 0.1) is 12.7 Å². The van der Waals surface area contributed by atoms with Gasteiger partial charge in [-0.15, -0.1) is 0 Å². The maximum atomic E-state index is 13.1. The molecule has 1 aliphatic heterocycles. The number of nitrogens with two attached hydrogens (primary N) is 1. The van der Waals surface area contributed by atoms with Crippen molar-refractivity contribution in [1.82, 2.24) is 9.80 Å². The largest absolute Gasteiger partial charge is 0.483 e. The number of nitrogens with zero attached hydrogens (tertiary/aromatic N) is 2. The van der Waals surface area contributed by atoms with Crippen molar-refractivity contribution in [3.63, 3.8) is 0 Å². The lowest BCUT2D eigenvalue weighted by Gasteiger charge is -2.44. The molecule has 150 valence electrons. The van der Waals surface area contributed by atoms with Gasteiger partial charge >= 0.3 is 0 Å². The van der Waals surface area contributed by atoms with E-state index in [0.717, 1.165) is 24.2 Å². The summed E-state index contributed by atoms with van der Waals surface area (Å²) in [6.07, 6.45) is 0. The molecule has 2 atom stereocenters. The Morgan fingerprint density at radius 3 is 2.57 bits per heavy atom. The molecule has 0 radical (unpaired) electrons. The van der Waals surface area contributed by atoms with Gasteiger partial charge in [-0.2, -0.15) is 0 Å². The summed E-state index contributed by atoms with van der Waals surface area (Å²) in [7, 11) is 0. The van der Waals surface area contributed by atoms with Crippen LogP contribution in [-0.4, -0.2) is 47.5 Å². The summed E-state index contributed by atoms with van der Waals surface area (Å²) >= 11 is 0. The van der Waals surface area contributed by atoms with Gasteiger partial charge in [0.15, 0.2) is 6.61 Å². The van der Waals surface area contributed by atoms with Crippen molar-refractivity contribution in [2.75, 3.05) is 25.4 Å². The van der Waals surface area contributed by atoms with Gasteiger partial charge < -0.3 is 15.4 Å². The molecule has 2 N–H and O–H groups in total. The maximum absolute atomic E-state index is 13.1. The van der Waals surface area contributed by atoms with Gasteiger partial charge in [-0.05, 0) is 50.1 Å². The molecule has 0 spiro atoms. The van der Waals surface area contributed by atoms with Gasteiger partial charge in [-0.1, -0.05) is 18.2 Å². The van der Waals surface area contributed by atoms with E-state index in [-0.39, 0.29) is 30.4 Å². The second kappa shape index (κ2) is 8.61. The van der Waals surface area contributed by atoms with Gasteiger partial charge in [0.05, 0.1) is 0 Å². The van der Waals surface area contributed by atoms with Crippen molar-refractivity contribution >= 4 is 11.6 Å². The zero-order valence-electron chi connectivity index (χ0n) is 16.7. The van der Waals surface area contributed by atoms with E-state index >= 15 is 0 Å². The van der Waals surface area contributed by atoms with Crippen molar-refractivity contribution in [3.8, 4) is 5.75 Å². The second-order valence-electron chi connectivity index (χ2n) is 7.61. The quantitative estimate of drug-likeness (QED) is 0.803. The molecular formula is C22H28FN3O2. The minimum absolute atomic E-state index is 0.000679. The Hall–Kier alpha value is -2.60. The number of piperazine rings is 1. The third-order valence-electron chi connectivity index (χ3n) is 5.30. The number of amides is 1. The lowest BCUT2D eigenvalue weighted by atomic mass is 10.1. The molecule has 0 saturated carbocycles. The molecular weight excluding hydrogens is 357 g/mol. The number of halogens is 1. The molecule has 5 nitrogen and oxygen atoms in total. The van der Waals surface area contributed by atoms with Gasteiger partial charge in [-0.25, -0.2) is 4.39 Å². The predicted molar refractivity (Wildman–Crippen MR) is 109 cm³/mol. The molecule has 1 aliphatic rings. The fourth-order valence-electron chi connectivity index (χ4n) is 3.58. The molecule has 1 heterocycles. The van der Waals surface area contributed by atoms with Crippen LogP contribution in [0.5, 0.6) is 5.75 Å². The highest BCUT2D eigenvalue weighted by Gasteiger charge is 2.32. The number of aryl methyl sites for hydroxylation is 1. The van der Waals surface area contributed by atoms with Crippen LogP contribution in [0.15, 0.2) is 42.5 Å². The standard InChI is InChI=1S/C22H28FN3O2/c1-15-4-9-20(24)10-21(15)28-14-22(27)26-12-16(2)25(11-17(26)3)13-18-5-7-19(23)8-6-18/h4-10,16-17H,11-14,24H2,1-3H3. The summed E-state index contributed by atoms with van der Waals surface area (Å²) in [6.45, 7) is 8.23. The first-order valence-electron chi connectivity index (χ1n) is 9.60. The zero-order valence-corrected chi connectivity index (χ0v) is 16.7. The van der Waals surface area contributed by atoms with Gasteiger partial charge in [0.1, 0.15) is 11.6 Å². The number of anilines is 1. The fourth-order valence-corrected chi connectivity index (χ4v) is 3.58. The van der Waals surface area contributed by atoms with Crippen LogP contribution >= 0.6 is 0 Å². The van der Waals surface area contributed by atoms with E-state index in [1.165, 1.54) is 12.1 Å². The number of ether oxygens (including phenoxy) is 1. The monoisotopic (exact) mass is 385 g/mol. The fraction of sp³-hybridized carbons (Fsp3) is 0.409. The minimum Gasteiger partial charge on any atom is -0.483 e.